The predicted octanol–water partition coefficient (Wildman–Crippen LogP) is 4.94. The van der Waals surface area contributed by atoms with E-state index in [1.165, 1.54) is 36.8 Å². The van der Waals surface area contributed by atoms with E-state index in [9.17, 15) is 0 Å². The van der Waals surface area contributed by atoms with Crippen LogP contribution < -0.4 is 5.32 Å². The Bertz CT molecular complexity index is 426. The molecule has 1 fully saturated rings. The van der Waals surface area contributed by atoms with Crippen LogP contribution in [0.15, 0.2) is 24.3 Å². The Kier molecular flexibility index (Phi) is 5.48. The van der Waals surface area contributed by atoms with Crippen LogP contribution in [-0.4, -0.2) is 12.6 Å². The van der Waals surface area contributed by atoms with E-state index in [-0.39, 0.29) is 5.41 Å². The number of benzene rings is 1. The van der Waals surface area contributed by atoms with Crippen molar-refractivity contribution in [1.82, 2.24) is 5.32 Å². The third-order valence-corrected chi connectivity index (χ3v) is 5.19. The first-order valence-corrected chi connectivity index (χ1v) is 8.74. The van der Waals surface area contributed by atoms with Crippen LogP contribution in [0, 0.1) is 11.8 Å². The molecule has 2 rings (SSSR count). The smallest absolute Gasteiger partial charge is 0.0138 e. The molecule has 1 saturated carbocycles. The van der Waals surface area contributed by atoms with Gasteiger partial charge in [0.2, 0.25) is 0 Å². The highest BCUT2D eigenvalue weighted by Crippen LogP contribution is 2.35. The van der Waals surface area contributed by atoms with Gasteiger partial charge in [-0.05, 0) is 47.8 Å². The minimum absolute atomic E-state index is 0.250. The van der Waals surface area contributed by atoms with Gasteiger partial charge in [-0.2, -0.15) is 0 Å². The summed E-state index contributed by atoms with van der Waals surface area (Å²) in [7, 11) is 0. The summed E-state index contributed by atoms with van der Waals surface area (Å²) in [5.41, 5.74) is 3.16. The molecular weight excluding hydrogens is 254 g/mol. The van der Waals surface area contributed by atoms with Gasteiger partial charge < -0.3 is 5.32 Å². The van der Waals surface area contributed by atoms with Gasteiger partial charge in [-0.3, -0.25) is 0 Å². The standard InChI is InChI=1S/C20H33N/c1-6-21-19(18-9-7-8-15(18)2)14-16-10-12-17(13-11-16)20(3,4)5/h10-13,15,18-19,21H,6-9,14H2,1-5H3. The molecular formula is C20H33N. The van der Waals surface area contributed by atoms with Crippen LogP contribution in [0.2, 0.25) is 0 Å². The van der Waals surface area contributed by atoms with Crippen molar-refractivity contribution in [3.05, 3.63) is 35.4 Å². The Hall–Kier alpha value is -0.820. The van der Waals surface area contributed by atoms with Crippen LogP contribution in [0.5, 0.6) is 0 Å². The van der Waals surface area contributed by atoms with Crippen molar-refractivity contribution in [2.24, 2.45) is 11.8 Å². The summed E-state index contributed by atoms with van der Waals surface area (Å²) in [6, 6.07) is 9.95. The largest absolute Gasteiger partial charge is 0.314 e. The first-order valence-electron chi connectivity index (χ1n) is 8.74. The van der Waals surface area contributed by atoms with Crippen molar-refractivity contribution in [3.8, 4) is 0 Å². The molecule has 1 N–H and O–H groups in total. The highest BCUT2D eigenvalue weighted by Gasteiger charge is 2.30. The molecule has 0 spiro atoms. The first kappa shape index (κ1) is 16.5. The van der Waals surface area contributed by atoms with Gasteiger partial charge in [0.1, 0.15) is 0 Å². The summed E-state index contributed by atoms with van der Waals surface area (Å²) in [6.07, 6.45) is 5.40. The van der Waals surface area contributed by atoms with Crippen LogP contribution in [0.25, 0.3) is 0 Å². The molecule has 0 heterocycles. The van der Waals surface area contributed by atoms with E-state index < -0.39 is 0 Å². The normalized spacial score (nSPS) is 24.2. The monoisotopic (exact) mass is 287 g/mol. The quantitative estimate of drug-likeness (QED) is 0.808. The highest BCUT2D eigenvalue weighted by molar-refractivity contribution is 5.28. The summed E-state index contributed by atoms with van der Waals surface area (Å²) in [6.45, 7) is 12.6. The van der Waals surface area contributed by atoms with E-state index in [1.54, 1.807) is 0 Å². The molecule has 118 valence electrons. The molecule has 3 atom stereocenters. The maximum Gasteiger partial charge on any atom is 0.0138 e. The summed E-state index contributed by atoms with van der Waals surface area (Å²) < 4.78 is 0. The van der Waals surface area contributed by atoms with Gasteiger partial charge in [0.15, 0.2) is 0 Å². The lowest BCUT2D eigenvalue weighted by molar-refractivity contribution is 0.298. The fourth-order valence-corrected chi connectivity index (χ4v) is 3.80. The molecule has 1 aromatic carbocycles. The van der Waals surface area contributed by atoms with Gasteiger partial charge in [0, 0.05) is 6.04 Å². The molecule has 3 unspecified atom stereocenters. The second kappa shape index (κ2) is 6.96. The van der Waals surface area contributed by atoms with Gasteiger partial charge in [0.05, 0.1) is 0 Å². The topological polar surface area (TPSA) is 12.0 Å². The second-order valence-corrected chi connectivity index (χ2v) is 7.89. The molecule has 1 nitrogen and oxygen atoms in total. The van der Waals surface area contributed by atoms with E-state index in [0.717, 1.165) is 18.4 Å². The van der Waals surface area contributed by atoms with E-state index in [2.05, 4.69) is 64.2 Å². The number of rotatable bonds is 5. The Balaban J connectivity index is 2.06. The minimum Gasteiger partial charge on any atom is -0.314 e. The maximum absolute atomic E-state index is 3.75. The molecule has 21 heavy (non-hydrogen) atoms. The molecule has 1 aromatic rings. The average Bonchev–Trinajstić information content (AvgIpc) is 2.84. The summed E-state index contributed by atoms with van der Waals surface area (Å²) in [5.74, 6) is 1.73. The molecule has 0 bridgehead atoms. The second-order valence-electron chi connectivity index (χ2n) is 7.89. The summed E-state index contributed by atoms with van der Waals surface area (Å²) in [5, 5.41) is 3.75. The molecule has 0 amide bonds. The lowest BCUT2D eigenvalue weighted by Crippen LogP contribution is -2.39. The van der Waals surface area contributed by atoms with Crippen LogP contribution in [0.4, 0.5) is 0 Å². The zero-order chi connectivity index (χ0) is 15.5. The fraction of sp³-hybridized carbons (Fsp3) is 0.700. The van der Waals surface area contributed by atoms with Gasteiger partial charge in [0.25, 0.3) is 0 Å². The Morgan fingerprint density at radius 3 is 2.29 bits per heavy atom. The van der Waals surface area contributed by atoms with Gasteiger partial charge in [-0.15, -0.1) is 0 Å². The lowest BCUT2D eigenvalue weighted by atomic mass is 9.84. The highest BCUT2D eigenvalue weighted by atomic mass is 14.9. The molecule has 0 saturated heterocycles. The fourth-order valence-electron chi connectivity index (χ4n) is 3.80. The van der Waals surface area contributed by atoms with Crippen LogP contribution in [0.1, 0.15) is 65.0 Å². The minimum atomic E-state index is 0.250. The maximum atomic E-state index is 3.75. The predicted molar refractivity (Wildman–Crippen MR) is 92.8 cm³/mol. The zero-order valence-corrected chi connectivity index (χ0v) is 14.6. The van der Waals surface area contributed by atoms with Gasteiger partial charge in [-0.1, -0.05) is 71.7 Å². The Labute approximate surface area is 131 Å². The number of hydrogen-bond acceptors (Lipinski definition) is 1. The molecule has 1 aliphatic rings. The van der Waals surface area contributed by atoms with Crippen LogP contribution in [0.3, 0.4) is 0 Å². The van der Waals surface area contributed by atoms with Gasteiger partial charge >= 0.3 is 0 Å². The molecule has 0 aromatic heterocycles. The van der Waals surface area contributed by atoms with Crippen molar-refractivity contribution in [3.63, 3.8) is 0 Å². The number of likely N-dealkylation sites (N-methyl/N-ethyl adjacent to an activating group) is 1. The van der Waals surface area contributed by atoms with Crippen LogP contribution in [-0.2, 0) is 11.8 Å². The van der Waals surface area contributed by atoms with Crippen molar-refractivity contribution >= 4 is 0 Å². The van der Waals surface area contributed by atoms with Crippen molar-refractivity contribution in [2.75, 3.05) is 6.54 Å². The first-order chi connectivity index (χ1) is 9.91. The Morgan fingerprint density at radius 2 is 1.81 bits per heavy atom. The van der Waals surface area contributed by atoms with E-state index in [0.29, 0.717) is 6.04 Å². The summed E-state index contributed by atoms with van der Waals surface area (Å²) >= 11 is 0. The molecule has 0 radical (unpaired) electrons. The lowest BCUT2D eigenvalue weighted by Gasteiger charge is -2.28. The number of hydrogen-bond donors (Lipinski definition) is 1. The molecule has 0 aliphatic heterocycles. The van der Waals surface area contributed by atoms with E-state index in [1.807, 2.05) is 0 Å². The van der Waals surface area contributed by atoms with Crippen LogP contribution >= 0.6 is 0 Å². The van der Waals surface area contributed by atoms with E-state index in [4.69, 9.17) is 0 Å². The number of nitrogens with one attached hydrogen (secondary N) is 1. The Morgan fingerprint density at radius 1 is 1.14 bits per heavy atom. The third kappa shape index (κ3) is 4.32. The summed E-state index contributed by atoms with van der Waals surface area (Å²) in [4.78, 5) is 0. The molecule has 1 aliphatic carbocycles. The van der Waals surface area contributed by atoms with Crippen molar-refractivity contribution in [2.45, 2.75) is 71.8 Å². The SMILES string of the molecule is CCNC(Cc1ccc(C(C)(C)C)cc1)C1CCCC1C. The molecule has 1 heteroatoms. The zero-order valence-electron chi connectivity index (χ0n) is 14.6. The van der Waals surface area contributed by atoms with Gasteiger partial charge in [-0.25, -0.2) is 0 Å². The van der Waals surface area contributed by atoms with Crippen molar-refractivity contribution in [1.29, 1.82) is 0 Å². The third-order valence-electron chi connectivity index (χ3n) is 5.19. The van der Waals surface area contributed by atoms with E-state index >= 15 is 0 Å². The average molecular weight is 287 g/mol. The van der Waals surface area contributed by atoms with Crippen molar-refractivity contribution < 1.29 is 0 Å².